The number of carbonyl (C=O) groups is 5. The van der Waals surface area contributed by atoms with Crippen molar-refractivity contribution in [3.63, 3.8) is 0 Å². The molecule has 0 saturated carbocycles. The number of alkyl halides is 3. The fourth-order valence-corrected chi connectivity index (χ4v) is 7.49. The number of hydrogen-bond acceptors (Lipinski definition) is 8. The second kappa shape index (κ2) is 23.4. The van der Waals surface area contributed by atoms with Crippen molar-refractivity contribution in [2.45, 2.75) is 33.1 Å². The third-order valence-electron chi connectivity index (χ3n) is 11.0. The van der Waals surface area contributed by atoms with E-state index in [2.05, 4.69) is 23.6 Å². The Morgan fingerprint density at radius 1 is 0.609 bits per heavy atom. The van der Waals surface area contributed by atoms with Crippen molar-refractivity contribution in [1.82, 2.24) is 24.9 Å². The van der Waals surface area contributed by atoms with Crippen LogP contribution in [-0.2, 0) is 17.9 Å². The lowest BCUT2D eigenvalue weighted by Gasteiger charge is -2.37. The Labute approximate surface area is 381 Å². The number of ketones is 2. The van der Waals surface area contributed by atoms with Crippen LogP contribution in [0.1, 0.15) is 45.7 Å². The van der Waals surface area contributed by atoms with Gasteiger partial charge < -0.3 is 30.7 Å². The molecule has 2 heterocycles. The molecule has 2 aliphatic rings. The summed E-state index contributed by atoms with van der Waals surface area (Å²) in [7, 11) is 0. The number of urea groups is 2. The largest absolute Gasteiger partial charge is 0.471 e. The van der Waals surface area contributed by atoms with Crippen molar-refractivity contribution in [3.05, 3.63) is 129 Å². The summed E-state index contributed by atoms with van der Waals surface area (Å²) in [4.78, 5) is 73.2. The summed E-state index contributed by atoms with van der Waals surface area (Å²) in [5.41, 5.74) is 9.17. The Balaban J connectivity index is 0.000000245. The van der Waals surface area contributed by atoms with Gasteiger partial charge in [0.15, 0.2) is 11.6 Å². The number of piperazine rings is 2. The van der Waals surface area contributed by atoms with Crippen molar-refractivity contribution >= 4 is 64.1 Å². The molecule has 0 aromatic heterocycles. The summed E-state index contributed by atoms with van der Waals surface area (Å²) < 4.78 is 36.9. The van der Waals surface area contributed by atoms with Gasteiger partial charge >= 0.3 is 24.1 Å². The zero-order chi connectivity index (χ0) is 46.4. The van der Waals surface area contributed by atoms with Crippen LogP contribution in [0.3, 0.4) is 0 Å². The lowest BCUT2D eigenvalue weighted by atomic mass is 10.1. The van der Waals surface area contributed by atoms with Gasteiger partial charge in [-0.1, -0.05) is 97.7 Å². The van der Waals surface area contributed by atoms with E-state index in [-0.39, 0.29) is 36.5 Å². The van der Waals surface area contributed by atoms with Crippen LogP contribution in [0.4, 0.5) is 34.1 Å². The molecule has 2 saturated heterocycles. The molecule has 0 aliphatic carbocycles. The minimum Gasteiger partial charge on any atom is -0.341 e. The maximum absolute atomic E-state index is 13.4. The van der Waals surface area contributed by atoms with E-state index >= 15 is 0 Å². The third-order valence-corrected chi connectivity index (χ3v) is 11.4. The molecule has 2 fully saturated rings. The van der Waals surface area contributed by atoms with Gasteiger partial charge in [0, 0.05) is 84.9 Å². The molecule has 3 N–H and O–H groups in total. The summed E-state index contributed by atoms with van der Waals surface area (Å²) in [6, 6.07) is 27.5. The fraction of sp³-hybridized carbons (Fsp3) is 0.370. The zero-order valence-corrected chi connectivity index (χ0v) is 37.3. The smallest absolute Gasteiger partial charge is 0.341 e. The molecule has 2 aliphatic heterocycles. The molecule has 64 heavy (non-hydrogen) atoms. The third kappa shape index (κ3) is 14.0. The molecule has 4 aromatic carbocycles. The van der Waals surface area contributed by atoms with E-state index in [1.165, 1.54) is 12.1 Å². The summed E-state index contributed by atoms with van der Waals surface area (Å²) >= 11 is 12.3. The normalized spacial score (nSPS) is 14.6. The van der Waals surface area contributed by atoms with Crippen LogP contribution < -0.4 is 20.9 Å². The summed E-state index contributed by atoms with van der Waals surface area (Å²) in [5.74, 6) is -2.93. The van der Waals surface area contributed by atoms with E-state index in [0.29, 0.717) is 59.6 Å². The highest BCUT2D eigenvalue weighted by atomic mass is 35.5. The van der Waals surface area contributed by atoms with Gasteiger partial charge in [-0.25, -0.2) is 9.59 Å². The number of nitrogens with one attached hydrogen (secondary N) is 1. The first-order valence-corrected chi connectivity index (χ1v) is 21.7. The maximum Gasteiger partial charge on any atom is 0.471 e. The second-order valence-electron chi connectivity index (χ2n) is 15.2. The van der Waals surface area contributed by atoms with E-state index in [0.717, 1.165) is 50.5 Å². The molecule has 13 nitrogen and oxygen atoms in total. The monoisotopic (exact) mass is 924 g/mol. The molecule has 342 valence electrons. The van der Waals surface area contributed by atoms with Crippen LogP contribution in [0.25, 0.3) is 0 Å². The summed E-state index contributed by atoms with van der Waals surface area (Å²) in [5, 5.41) is 2.63. The van der Waals surface area contributed by atoms with Crippen LogP contribution in [0.5, 0.6) is 0 Å². The van der Waals surface area contributed by atoms with Gasteiger partial charge in [-0.2, -0.15) is 13.2 Å². The van der Waals surface area contributed by atoms with E-state index in [9.17, 15) is 37.1 Å². The number of likely N-dealkylation sites (N-methyl/N-ethyl adjacent to an activating group) is 2. The average molecular weight is 926 g/mol. The Kier molecular flexibility index (Phi) is 18.1. The molecule has 18 heteroatoms. The standard InChI is InChI=1S/C24H26ClF3N4O3.C22H27ClN4O2/c1-2-30-10-12-31(13-11-30)23(35)32(20-5-3-4-19(25)14-20)16-17-6-8-18(9-7-17)21(33)15-29-22(34)24(26,27)28;1-2-25-10-12-26(13-11-25)22(29)27(20-5-3-4-19(23)14-20)16-17-6-8-18(9-7-17)21(28)15-24/h3-9,14H,2,10-13,15-16H2,1H3,(H,29,34);3-9,14H,2,10-13,15-16,24H2,1H3. The van der Waals surface area contributed by atoms with Gasteiger partial charge in [-0.3, -0.25) is 24.2 Å². The predicted molar refractivity (Wildman–Crippen MR) is 243 cm³/mol. The van der Waals surface area contributed by atoms with Gasteiger partial charge in [0.25, 0.3) is 0 Å². The molecular formula is C46H53Cl2F3N8O5. The number of carbonyl (C=O) groups excluding carboxylic acids is 5. The van der Waals surface area contributed by atoms with Crippen LogP contribution >= 0.6 is 23.2 Å². The number of Topliss-reactive ketones (excluding diaryl/α,β-unsaturated/α-hetero) is 2. The lowest BCUT2D eigenvalue weighted by Crippen LogP contribution is -2.52. The van der Waals surface area contributed by atoms with E-state index in [4.69, 9.17) is 28.9 Å². The fourth-order valence-electron chi connectivity index (χ4n) is 7.12. The van der Waals surface area contributed by atoms with Crippen LogP contribution in [-0.4, -0.2) is 134 Å². The summed E-state index contributed by atoms with van der Waals surface area (Å²) in [6.45, 7) is 11.9. The molecule has 0 atom stereocenters. The molecule has 0 radical (unpaired) electrons. The predicted octanol–water partition coefficient (Wildman–Crippen LogP) is 7.21. The summed E-state index contributed by atoms with van der Waals surface area (Å²) in [6.07, 6.45) is -5.05. The van der Waals surface area contributed by atoms with Crippen LogP contribution in [0, 0.1) is 0 Å². The highest BCUT2D eigenvalue weighted by Crippen LogP contribution is 2.26. The Morgan fingerprint density at radius 3 is 1.34 bits per heavy atom. The average Bonchev–Trinajstić information content (AvgIpc) is 3.31. The zero-order valence-electron chi connectivity index (χ0n) is 35.8. The van der Waals surface area contributed by atoms with Crippen molar-refractivity contribution in [1.29, 1.82) is 0 Å². The number of hydrogen-bond donors (Lipinski definition) is 2. The lowest BCUT2D eigenvalue weighted by molar-refractivity contribution is -0.173. The number of rotatable bonds is 13. The first-order valence-electron chi connectivity index (χ1n) is 21.0. The van der Waals surface area contributed by atoms with Gasteiger partial charge in [0.1, 0.15) is 0 Å². The van der Waals surface area contributed by atoms with Crippen molar-refractivity contribution < 1.29 is 37.1 Å². The number of nitrogens with zero attached hydrogens (tertiary/aromatic N) is 6. The van der Waals surface area contributed by atoms with Crippen molar-refractivity contribution in [2.75, 3.05) is 88.3 Å². The van der Waals surface area contributed by atoms with Gasteiger partial charge in [0.05, 0.1) is 26.2 Å². The Morgan fingerprint density at radius 2 is 1.00 bits per heavy atom. The molecule has 4 aromatic rings. The van der Waals surface area contributed by atoms with Crippen LogP contribution in [0.2, 0.25) is 10.0 Å². The molecule has 5 amide bonds. The van der Waals surface area contributed by atoms with Crippen molar-refractivity contribution in [3.8, 4) is 0 Å². The van der Waals surface area contributed by atoms with Gasteiger partial charge in [-0.15, -0.1) is 0 Å². The number of benzene rings is 4. The molecular weight excluding hydrogens is 872 g/mol. The number of anilines is 2. The topological polar surface area (TPSA) is 143 Å². The SMILES string of the molecule is CCN1CCN(C(=O)N(Cc2ccc(C(=O)CN)cc2)c2cccc(Cl)c2)CC1.CCN1CCN(C(=O)N(Cc2ccc(C(=O)CNC(=O)C(F)(F)F)cc2)c2cccc(Cl)c2)CC1. The second-order valence-corrected chi connectivity index (χ2v) is 16.0. The minimum absolute atomic E-state index is 0.0176. The number of halogens is 5. The van der Waals surface area contributed by atoms with E-state index < -0.39 is 24.4 Å². The number of nitrogens with two attached hydrogens (primary N) is 1. The van der Waals surface area contributed by atoms with E-state index in [1.807, 2.05) is 29.2 Å². The maximum atomic E-state index is 13.4. The van der Waals surface area contributed by atoms with Gasteiger partial charge in [-0.05, 0) is 60.6 Å². The number of amides is 5. The minimum atomic E-state index is -5.05. The van der Waals surface area contributed by atoms with E-state index in [1.54, 1.807) is 80.7 Å². The molecule has 6 rings (SSSR count). The highest BCUT2D eigenvalue weighted by Gasteiger charge is 2.38. The van der Waals surface area contributed by atoms with Crippen LogP contribution in [0.15, 0.2) is 97.1 Å². The van der Waals surface area contributed by atoms with Crippen molar-refractivity contribution in [2.24, 2.45) is 5.73 Å². The molecule has 0 unspecified atom stereocenters. The quantitative estimate of drug-likeness (QED) is 0.134. The first-order chi connectivity index (χ1) is 30.6. The van der Waals surface area contributed by atoms with Gasteiger partial charge in [0.2, 0.25) is 0 Å². The molecule has 0 spiro atoms. The molecule has 0 bridgehead atoms. The Hall–Kier alpha value is -5.52. The Bertz CT molecular complexity index is 2220. The highest BCUT2D eigenvalue weighted by molar-refractivity contribution is 6.31. The first kappa shape index (κ1) is 49.5.